The average molecular weight is 220 g/mol. The number of nitrogens with one attached hydrogen (secondary N) is 1. The molecule has 0 aliphatic heterocycles. The van der Waals surface area contributed by atoms with Gasteiger partial charge in [0.2, 0.25) is 0 Å². The molecular weight excluding hydrogens is 208 g/mol. The fraction of sp³-hybridized carbons (Fsp3) is 0.182. The topological polar surface area (TPSA) is 29.9 Å². The van der Waals surface area contributed by atoms with Gasteiger partial charge in [-0.3, -0.25) is 4.57 Å². The third-order valence-electron chi connectivity index (χ3n) is 2.31. The highest BCUT2D eigenvalue weighted by atomic mass is 32.1. The van der Waals surface area contributed by atoms with Gasteiger partial charge in [0, 0.05) is 12.4 Å². The van der Waals surface area contributed by atoms with E-state index in [9.17, 15) is 0 Å². The number of H-pyrrole nitrogens is 1. The second-order valence-corrected chi connectivity index (χ2v) is 3.67. The Morgan fingerprint density at radius 1 is 1.40 bits per heavy atom. The molecular formula is C11H12N2OS. The van der Waals surface area contributed by atoms with E-state index in [4.69, 9.17) is 17.0 Å². The number of hydrogen-bond donors (Lipinski definition) is 1. The molecule has 15 heavy (non-hydrogen) atoms. The molecule has 0 aliphatic rings. The molecule has 0 aliphatic carbocycles. The van der Waals surface area contributed by atoms with Crippen molar-refractivity contribution in [2.24, 2.45) is 0 Å². The van der Waals surface area contributed by atoms with Crippen LogP contribution in [0.1, 0.15) is 5.56 Å². The van der Waals surface area contributed by atoms with Crippen LogP contribution in [-0.4, -0.2) is 16.7 Å². The Morgan fingerprint density at radius 2 is 2.20 bits per heavy atom. The lowest BCUT2D eigenvalue weighted by Crippen LogP contribution is -1.96. The molecule has 1 aromatic carbocycles. The molecule has 0 spiro atoms. The number of methoxy groups -OCH3 is 1. The number of aromatic nitrogens is 2. The summed E-state index contributed by atoms with van der Waals surface area (Å²) in [5.41, 5.74) is 2.20. The highest BCUT2D eigenvalue weighted by Crippen LogP contribution is 2.20. The third-order valence-corrected chi connectivity index (χ3v) is 2.63. The van der Waals surface area contributed by atoms with E-state index in [2.05, 4.69) is 4.98 Å². The number of hydrogen-bond acceptors (Lipinski definition) is 2. The number of nitrogens with zero attached hydrogens (tertiary/aromatic N) is 1. The lowest BCUT2D eigenvalue weighted by molar-refractivity contribution is 0.414. The predicted molar refractivity (Wildman–Crippen MR) is 62.2 cm³/mol. The summed E-state index contributed by atoms with van der Waals surface area (Å²) in [6.45, 7) is 2.03. The molecule has 1 heterocycles. The van der Waals surface area contributed by atoms with Crippen LogP contribution in [0.25, 0.3) is 5.69 Å². The molecule has 0 fully saturated rings. The van der Waals surface area contributed by atoms with Gasteiger partial charge in [0.1, 0.15) is 5.75 Å². The Labute approximate surface area is 93.3 Å². The van der Waals surface area contributed by atoms with Gasteiger partial charge in [0.05, 0.1) is 12.8 Å². The van der Waals surface area contributed by atoms with E-state index in [0.717, 1.165) is 17.0 Å². The fourth-order valence-electron chi connectivity index (χ4n) is 1.54. The van der Waals surface area contributed by atoms with Crippen LogP contribution in [0.5, 0.6) is 5.75 Å². The Hall–Kier alpha value is -1.55. The first kappa shape index (κ1) is 9.98. The molecule has 2 aromatic rings. The van der Waals surface area contributed by atoms with Gasteiger partial charge in [-0.1, -0.05) is 0 Å². The van der Waals surface area contributed by atoms with Gasteiger partial charge in [-0.05, 0) is 42.9 Å². The molecule has 0 amide bonds. The molecule has 78 valence electrons. The Morgan fingerprint density at radius 3 is 2.73 bits per heavy atom. The lowest BCUT2D eigenvalue weighted by atomic mass is 10.2. The zero-order valence-corrected chi connectivity index (χ0v) is 9.47. The summed E-state index contributed by atoms with van der Waals surface area (Å²) in [7, 11) is 1.66. The van der Waals surface area contributed by atoms with Crippen LogP contribution in [-0.2, 0) is 0 Å². The minimum absolute atomic E-state index is 0.697. The fourth-order valence-corrected chi connectivity index (χ4v) is 1.76. The van der Waals surface area contributed by atoms with Crippen LogP contribution >= 0.6 is 12.2 Å². The molecule has 0 saturated carbocycles. The normalized spacial score (nSPS) is 10.3. The maximum atomic E-state index is 5.16. The largest absolute Gasteiger partial charge is 0.497 e. The van der Waals surface area contributed by atoms with Crippen molar-refractivity contribution in [1.82, 2.24) is 9.55 Å². The second kappa shape index (κ2) is 3.90. The molecule has 1 aromatic heterocycles. The van der Waals surface area contributed by atoms with Crippen molar-refractivity contribution >= 4 is 12.2 Å². The van der Waals surface area contributed by atoms with Gasteiger partial charge in [0.25, 0.3) is 0 Å². The maximum absolute atomic E-state index is 5.16. The average Bonchev–Trinajstić information content (AvgIpc) is 2.64. The third kappa shape index (κ3) is 1.80. The molecule has 1 N–H and O–H groups in total. The Bertz CT molecular complexity index is 527. The summed E-state index contributed by atoms with van der Waals surface area (Å²) in [6.07, 6.45) is 3.74. The van der Waals surface area contributed by atoms with E-state index in [1.165, 1.54) is 0 Å². The van der Waals surface area contributed by atoms with Crippen molar-refractivity contribution in [3.8, 4) is 11.4 Å². The summed E-state index contributed by atoms with van der Waals surface area (Å²) < 4.78 is 7.79. The molecule has 0 radical (unpaired) electrons. The summed E-state index contributed by atoms with van der Waals surface area (Å²) in [6, 6.07) is 5.92. The van der Waals surface area contributed by atoms with Crippen molar-refractivity contribution in [2.45, 2.75) is 6.92 Å². The van der Waals surface area contributed by atoms with E-state index in [1.54, 1.807) is 7.11 Å². The smallest absolute Gasteiger partial charge is 0.181 e. The van der Waals surface area contributed by atoms with Gasteiger partial charge < -0.3 is 9.72 Å². The van der Waals surface area contributed by atoms with E-state index in [1.807, 2.05) is 42.1 Å². The number of aryl methyl sites for hydroxylation is 1. The van der Waals surface area contributed by atoms with Gasteiger partial charge in [0.15, 0.2) is 4.77 Å². The first-order valence-corrected chi connectivity index (χ1v) is 5.04. The standard InChI is InChI=1S/C11H12N2OS/c1-8-7-9(14-2)3-4-10(8)13-6-5-12-11(13)15/h3-7H,1-2H3,(H,12,15). The summed E-state index contributed by atoms with van der Waals surface area (Å²) in [5, 5.41) is 0. The Kier molecular flexibility index (Phi) is 2.60. The summed E-state index contributed by atoms with van der Waals surface area (Å²) in [5.74, 6) is 0.860. The van der Waals surface area contributed by atoms with Gasteiger partial charge >= 0.3 is 0 Å². The van der Waals surface area contributed by atoms with Gasteiger partial charge in [-0.15, -0.1) is 0 Å². The van der Waals surface area contributed by atoms with Crippen LogP contribution in [0.2, 0.25) is 0 Å². The van der Waals surface area contributed by atoms with E-state index in [-0.39, 0.29) is 0 Å². The van der Waals surface area contributed by atoms with Crippen LogP contribution in [0, 0.1) is 11.7 Å². The molecule has 0 saturated heterocycles. The summed E-state index contributed by atoms with van der Waals surface area (Å²) >= 11 is 5.16. The lowest BCUT2D eigenvalue weighted by Gasteiger charge is -2.08. The minimum Gasteiger partial charge on any atom is -0.497 e. The van der Waals surface area contributed by atoms with Crippen molar-refractivity contribution in [3.63, 3.8) is 0 Å². The van der Waals surface area contributed by atoms with Crippen molar-refractivity contribution < 1.29 is 4.74 Å². The van der Waals surface area contributed by atoms with Gasteiger partial charge in [-0.2, -0.15) is 0 Å². The molecule has 3 nitrogen and oxygen atoms in total. The molecule has 4 heteroatoms. The number of benzene rings is 1. The van der Waals surface area contributed by atoms with E-state index < -0.39 is 0 Å². The molecule has 0 atom stereocenters. The van der Waals surface area contributed by atoms with Crippen molar-refractivity contribution in [2.75, 3.05) is 7.11 Å². The number of ether oxygens (including phenoxy) is 1. The molecule has 0 bridgehead atoms. The first-order valence-electron chi connectivity index (χ1n) is 4.63. The molecule has 2 rings (SSSR count). The zero-order chi connectivity index (χ0) is 10.8. The second-order valence-electron chi connectivity index (χ2n) is 3.29. The predicted octanol–water partition coefficient (Wildman–Crippen LogP) is 2.85. The highest BCUT2D eigenvalue weighted by molar-refractivity contribution is 7.71. The van der Waals surface area contributed by atoms with E-state index in [0.29, 0.717) is 4.77 Å². The molecule has 0 unspecified atom stereocenters. The Balaban J connectivity index is 2.55. The van der Waals surface area contributed by atoms with Crippen molar-refractivity contribution in [3.05, 3.63) is 40.9 Å². The maximum Gasteiger partial charge on any atom is 0.181 e. The highest BCUT2D eigenvalue weighted by Gasteiger charge is 2.02. The SMILES string of the molecule is COc1ccc(-n2cc[nH]c2=S)c(C)c1. The summed E-state index contributed by atoms with van der Waals surface area (Å²) in [4.78, 5) is 2.97. The van der Waals surface area contributed by atoms with Crippen molar-refractivity contribution in [1.29, 1.82) is 0 Å². The zero-order valence-electron chi connectivity index (χ0n) is 8.65. The minimum atomic E-state index is 0.697. The van der Waals surface area contributed by atoms with Crippen LogP contribution < -0.4 is 4.74 Å². The monoisotopic (exact) mass is 220 g/mol. The first-order chi connectivity index (χ1) is 7.22. The van der Waals surface area contributed by atoms with Crippen LogP contribution in [0.4, 0.5) is 0 Å². The number of rotatable bonds is 2. The van der Waals surface area contributed by atoms with Crippen LogP contribution in [0.15, 0.2) is 30.6 Å². The number of aromatic amines is 1. The van der Waals surface area contributed by atoms with Gasteiger partial charge in [-0.25, -0.2) is 0 Å². The number of imidazole rings is 1. The van der Waals surface area contributed by atoms with Crippen LogP contribution in [0.3, 0.4) is 0 Å². The quantitative estimate of drug-likeness (QED) is 0.789. The van der Waals surface area contributed by atoms with E-state index >= 15 is 0 Å².